The van der Waals surface area contributed by atoms with Crippen molar-refractivity contribution in [3.05, 3.63) is 52.6 Å². The minimum atomic E-state index is -3.54. The summed E-state index contributed by atoms with van der Waals surface area (Å²) in [5.74, 6) is -0.192. The first-order valence-corrected chi connectivity index (χ1v) is 10.1. The van der Waals surface area contributed by atoms with Crippen molar-refractivity contribution in [1.82, 2.24) is 4.31 Å². The van der Waals surface area contributed by atoms with Crippen LogP contribution in [0.15, 0.2) is 35.2 Å². The number of nitrogens with one attached hydrogen (secondary N) is 2. The molecule has 0 heterocycles. The lowest BCUT2D eigenvalue weighted by Crippen LogP contribution is -2.24. The molecule has 0 aliphatic heterocycles. The Hall–Kier alpha value is -2.38. The lowest BCUT2D eigenvalue weighted by atomic mass is 10.1. The molecule has 0 aromatic heterocycles. The third-order valence-electron chi connectivity index (χ3n) is 4.34. The molecular formula is C20H27N3O3S. The van der Waals surface area contributed by atoms with Gasteiger partial charge in [0.2, 0.25) is 15.9 Å². The van der Waals surface area contributed by atoms with E-state index in [1.54, 1.807) is 25.1 Å². The van der Waals surface area contributed by atoms with E-state index >= 15 is 0 Å². The molecule has 146 valence electrons. The summed E-state index contributed by atoms with van der Waals surface area (Å²) in [6.07, 6.45) is 0. The molecule has 0 bridgehead atoms. The molecule has 0 spiro atoms. The van der Waals surface area contributed by atoms with Gasteiger partial charge in [0.15, 0.2) is 0 Å². The van der Waals surface area contributed by atoms with Gasteiger partial charge < -0.3 is 10.6 Å². The van der Waals surface area contributed by atoms with Crippen LogP contribution in [0.5, 0.6) is 0 Å². The molecular weight excluding hydrogens is 362 g/mol. The van der Waals surface area contributed by atoms with E-state index in [2.05, 4.69) is 10.6 Å². The first-order chi connectivity index (χ1) is 12.5. The quantitative estimate of drug-likeness (QED) is 0.795. The van der Waals surface area contributed by atoms with Crippen LogP contribution in [0.3, 0.4) is 0 Å². The van der Waals surface area contributed by atoms with E-state index in [0.29, 0.717) is 11.3 Å². The van der Waals surface area contributed by atoms with Gasteiger partial charge in [-0.1, -0.05) is 23.8 Å². The Morgan fingerprint density at radius 3 is 2.11 bits per heavy atom. The maximum Gasteiger partial charge on any atom is 0.243 e. The van der Waals surface area contributed by atoms with Crippen molar-refractivity contribution in [3.63, 3.8) is 0 Å². The molecule has 6 nitrogen and oxygen atoms in total. The van der Waals surface area contributed by atoms with Crippen LogP contribution in [0.25, 0.3) is 0 Å². The smallest absolute Gasteiger partial charge is 0.243 e. The zero-order valence-electron chi connectivity index (χ0n) is 16.7. The molecule has 1 amide bonds. The number of aryl methyl sites for hydroxylation is 4. The number of carbonyl (C=O) groups is 1. The lowest BCUT2D eigenvalue weighted by Gasteiger charge is -2.16. The Kier molecular flexibility index (Phi) is 6.28. The van der Waals surface area contributed by atoms with Crippen LogP contribution in [0.4, 0.5) is 11.4 Å². The molecule has 0 aliphatic carbocycles. The number of hydrogen-bond donors (Lipinski definition) is 2. The van der Waals surface area contributed by atoms with E-state index < -0.39 is 10.0 Å². The molecule has 27 heavy (non-hydrogen) atoms. The zero-order chi connectivity index (χ0) is 20.4. The summed E-state index contributed by atoms with van der Waals surface area (Å²) in [6, 6.07) is 9.09. The van der Waals surface area contributed by atoms with Crippen molar-refractivity contribution in [2.45, 2.75) is 32.6 Å². The monoisotopic (exact) mass is 389 g/mol. The van der Waals surface area contributed by atoms with Crippen LogP contribution in [0, 0.1) is 27.7 Å². The van der Waals surface area contributed by atoms with Crippen molar-refractivity contribution in [2.75, 3.05) is 31.3 Å². The van der Waals surface area contributed by atoms with Gasteiger partial charge in [-0.25, -0.2) is 12.7 Å². The largest absolute Gasteiger partial charge is 0.376 e. The summed E-state index contributed by atoms with van der Waals surface area (Å²) in [6.45, 7) is 7.72. The minimum Gasteiger partial charge on any atom is -0.376 e. The topological polar surface area (TPSA) is 78.5 Å². The van der Waals surface area contributed by atoms with Gasteiger partial charge in [-0.2, -0.15) is 0 Å². The van der Waals surface area contributed by atoms with Crippen LogP contribution in [-0.4, -0.2) is 39.3 Å². The number of nitrogens with zero attached hydrogens (tertiary/aromatic N) is 1. The predicted octanol–water partition coefficient (Wildman–Crippen LogP) is 3.22. The first kappa shape index (κ1) is 20.9. The number of sulfonamides is 1. The molecule has 2 aromatic rings. The van der Waals surface area contributed by atoms with E-state index in [0.717, 1.165) is 22.4 Å². The van der Waals surface area contributed by atoms with Crippen molar-refractivity contribution in [3.8, 4) is 0 Å². The molecule has 0 atom stereocenters. The van der Waals surface area contributed by atoms with E-state index in [9.17, 15) is 13.2 Å². The van der Waals surface area contributed by atoms with Crippen LogP contribution in [0.2, 0.25) is 0 Å². The number of rotatable bonds is 6. The van der Waals surface area contributed by atoms with Crippen LogP contribution >= 0.6 is 0 Å². The highest BCUT2D eigenvalue weighted by Gasteiger charge is 2.20. The molecule has 0 unspecified atom stereocenters. The average Bonchev–Trinajstić information content (AvgIpc) is 2.57. The summed E-state index contributed by atoms with van der Waals surface area (Å²) in [4.78, 5) is 12.6. The number of amides is 1. The van der Waals surface area contributed by atoms with E-state index in [1.807, 2.05) is 32.9 Å². The normalized spacial score (nSPS) is 11.5. The van der Waals surface area contributed by atoms with Crippen LogP contribution < -0.4 is 10.6 Å². The number of carbonyl (C=O) groups excluding carboxylic acids is 1. The standard InChI is InChI=1S/C20H27N3O3S/c1-13-9-15(3)20(16(4)10-13)22-19(24)12-21-17-8-7-14(2)18(11-17)27(25,26)23(5)6/h7-11,21H,12H2,1-6H3,(H,22,24). The van der Waals surface area contributed by atoms with Gasteiger partial charge in [0.25, 0.3) is 0 Å². The molecule has 2 N–H and O–H groups in total. The van der Waals surface area contributed by atoms with Crippen molar-refractivity contribution < 1.29 is 13.2 Å². The third-order valence-corrected chi connectivity index (χ3v) is 6.30. The summed E-state index contributed by atoms with van der Waals surface area (Å²) < 4.78 is 26.0. The van der Waals surface area contributed by atoms with Crippen LogP contribution in [0.1, 0.15) is 22.3 Å². The molecule has 0 saturated heterocycles. The van der Waals surface area contributed by atoms with Gasteiger partial charge >= 0.3 is 0 Å². The Morgan fingerprint density at radius 2 is 1.56 bits per heavy atom. The van der Waals surface area contributed by atoms with Gasteiger partial charge in [-0.3, -0.25) is 4.79 Å². The summed E-state index contributed by atoms with van der Waals surface area (Å²) >= 11 is 0. The summed E-state index contributed by atoms with van der Waals surface area (Å²) in [5.41, 5.74) is 5.21. The first-order valence-electron chi connectivity index (χ1n) is 8.67. The van der Waals surface area contributed by atoms with Crippen LogP contribution in [-0.2, 0) is 14.8 Å². The maximum absolute atomic E-state index is 12.4. The Labute approximate surface area is 161 Å². The molecule has 2 rings (SSSR count). The Bertz CT molecular complexity index is 943. The second kappa shape index (κ2) is 8.10. The fraction of sp³-hybridized carbons (Fsp3) is 0.350. The van der Waals surface area contributed by atoms with Crippen molar-refractivity contribution in [1.29, 1.82) is 0 Å². The molecule has 7 heteroatoms. The molecule has 0 saturated carbocycles. The minimum absolute atomic E-state index is 0.0390. The lowest BCUT2D eigenvalue weighted by molar-refractivity contribution is -0.114. The SMILES string of the molecule is Cc1cc(C)c(NC(=O)CNc2ccc(C)c(S(=O)(=O)N(C)C)c2)c(C)c1. The second-order valence-electron chi connectivity index (χ2n) is 6.94. The van der Waals surface area contributed by atoms with Gasteiger partial charge in [-0.15, -0.1) is 0 Å². The van der Waals surface area contributed by atoms with E-state index in [1.165, 1.54) is 18.4 Å². The number of benzene rings is 2. The highest BCUT2D eigenvalue weighted by Crippen LogP contribution is 2.23. The molecule has 0 radical (unpaired) electrons. The summed E-state index contributed by atoms with van der Waals surface area (Å²) in [5, 5.41) is 5.92. The summed E-state index contributed by atoms with van der Waals surface area (Å²) in [7, 11) is -0.551. The third kappa shape index (κ3) is 4.87. The molecule has 0 aliphatic rings. The maximum atomic E-state index is 12.4. The van der Waals surface area contributed by atoms with Gasteiger partial charge in [0.05, 0.1) is 11.4 Å². The van der Waals surface area contributed by atoms with E-state index in [-0.39, 0.29) is 17.3 Å². The Balaban J connectivity index is 2.12. The Morgan fingerprint density at radius 1 is 0.963 bits per heavy atom. The van der Waals surface area contributed by atoms with Gasteiger partial charge in [0, 0.05) is 25.5 Å². The number of anilines is 2. The highest BCUT2D eigenvalue weighted by molar-refractivity contribution is 7.89. The fourth-order valence-electron chi connectivity index (χ4n) is 2.93. The van der Waals surface area contributed by atoms with Gasteiger partial charge in [0.1, 0.15) is 0 Å². The molecule has 0 fully saturated rings. The number of hydrogen-bond acceptors (Lipinski definition) is 4. The fourth-order valence-corrected chi connectivity index (χ4v) is 4.07. The van der Waals surface area contributed by atoms with Crippen molar-refractivity contribution >= 4 is 27.3 Å². The van der Waals surface area contributed by atoms with Crippen molar-refractivity contribution in [2.24, 2.45) is 0 Å². The van der Waals surface area contributed by atoms with E-state index in [4.69, 9.17) is 0 Å². The predicted molar refractivity (Wildman–Crippen MR) is 110 cm³/mol. The second-order valence-corrected chi connectivity index (χ2v) is 9.06. The molecule has 2 aromatic carbocycles. The zero-order valence-corrected chi connectivity index (χ0v) is 17.5. The average molecular weight is 390 g/mol. The highest BCUT2D eigenvalue weighted by atomic mass is 32.2. The van der Waals surface area contributed by atoms with Gasteiger partial charge in [-0.05, 0) is 56.5 Å².